The number of anilines is 1. The SMILES string of the molecule is CC(C)(C)N(Cc1cccc(-n2nc(C(F)(F)F)cc2C(=O)Nc2cccc(C(=O)c3ccccc3)c2)c1)C(=O)O. The van der Waals surface area contributed by atoms with Gasteiger partial charge in [0.05, 0.1) is 5.69 Å². The van der Waals surface area contributed by atoms with Gasteiger partial charge in [-0.2, -0.15) is 18.3 Å². The Bertz CT molecular complexity index is 1590. The Morgan fingerprint density at radius 3 is 2.17 bits per heavy atom. The first kappa shape index (κ1) is 29.1. The number of rotatable bonds is 7. The van der Waals surface area contributed by atoms with Gasteiger partial charge in [-0.15, -0.1) is 0 Å². The zero-order chi connectivity index (χ0) is 29.9. The average molecular weight is 565 g/mol. The van der Waals surface area contributed by atoms with Gasteiger partial charge >= 0.3 is 12.3 Å². The summed E-state index contributed by atoms with van der Waals surface area (Å²) in [6.45, 7) is 5.13. The summed E-state index contributed by atoms with van der Waals surface area (Å²) in [6.07, 6.45) is -5.99. The molecular weight excluding hydrogens is 537 g/mol. The van der Waals surface area contributed by atoms with E-state index < -0.39 is 35.1 Å². The van der Waals surface area contributed by atoms with E-state index in [-0.39, 0.29) is 29.3 Å². The van der Waals surface area contributed by atoms with Crippen LogP contribution in [0.25, 0.3) is 5.69 Å². The molecule has 0 radical (unpaired) electrons. The van der Waals surface area contributed by atoms with Gasteiger partial charge in [-0.25, -0.2) is 9.48 Å². The van der Waals surface area contributed by atoms with Crippen LogP contribution in [0.2, 0.25) is 0 Å². The quantitative estimate of drug-likeness (QED) is 0.245. The van der Waals surface area contributed by atoms with Crippen LogP contribution in [0.3, 0.4) is 0 Å². The molecule has 212 valence electrons. The minimum Gasteiger partial charge on any atom is -0.465 e. The Morgan fingerprint density at radius 2 is 1.54 bits per heavy atom. The number of alkyl halides is 3. The molecule has 0 aliphatic heterocycles. The summed E-state index contributed by atoms with van der Waals surface area (Å²) in [7, 11) is 0. The number of hydrogen-bond donors (Lipinski definition) is 2. The number of aromatic nitrogens is 2. The summed E-state index contributed by atoms with van der Waals surface area (Å²) in [5.41, 5.74) is -0.863. The molecule has 3 aromatic carbocycles. The molecule has 0 fully saturated rings. The van der Waals surface area contributed by atoms with E-state index in [4.69, 9.17) is 0 Å². The predicted octanol–water partition coefficient (Wildman–Crippen LogP) is 6.65. The standard InChI is InChI=1S/C30H27F3N4O4/c1-29(2,3)36(28(40)41)18-19-9-7-14-23(15-19)37-24(17-25(35-37)30(31,32)33)27(39)34-22-13-8-12-21(16-22)26(38)20-10-5-4-6-11-20/h4-17H,18H2,1-3H3,(H,34,39)(H,40,41). The lowest BCUT2D eigenvalue weighted by atomic mass is 10.0. The topological polar surface area (TPSA) is 105 Å². The van der Waals surface area contributed by atoms with Crippen molar-refractivity contribution >= 4 is 23.5 Å². The molecular formula is C30H27F3N4O4. The van der Waals surface area contributed by atoms with Crippen LogP contribution >= 0.6 is 0 Å². The van der Waals surface area contributed by atoms with Crippen molar-refractivity contribution in [1.29, 1.82) is 0 Å². The number of nitrogens with zero attached hydrogens (tertiary/aromatic N) is 3. The maximum absolute atomic E-state index is 13.6. The maximum Gasteiger partial charge on any atom is 0.435 e. The summed E-state index contributed by atoms with van der Waals surface area (Å²) >= 11 is 0. The van der Waals surface area contributed by atoms with Crippen molar-refractivity contribution in [3.63, 3.8) is 0 Å². The molecule has 4 rings (SSSR count). The van der Waals surface area contributed by atoms with E-state index in [1.165, 1.54) is 29.2 Å². The lowest BCUT2D eigenvalue weighted by Gasteiger charge is -2.33. The van der Waals surface area contributed by atoms with Crippen LogP contribution in [0.15, 0.2) is 84.9 Å². The molecule has 2 N–H and O–H groups in total. The van der Waals surface area contributed by atoms with Gasteiger partial charge in [0.25, 0.3) is 5.91 Å². The Hall–Kier alpha value is -4.93. The molecule has 0 bridgehead atoms. The van der Waals surface area contributed by atoms with Crippen molar-refractivity contribution in [1.82, 2.24) is 14.7 Å². The van der Waals surface area contributed by atoms with E-state index in [0.29, 0.717) is 17.2 Å². The van der Waals surface area contributed by atoms with Crippen molar-refractivity contribution in [3.05, 3.63) is 113 Å². The van der Waals surface area contributed by atoms with Crippen LogP contribution < -0.4 is 5.32 Å². The summed E-state index contributed by atoms with van der Waals surface area (Å²) in [5.74, 6) is -1.17. The van der Waals surface area contributed by atoms with Gasteiger partial charge in [-0.1, -0.05) is 54.6 Å². The van der Waals surface area contributed by atoms with Gasteiger partial charge < -0.3 is 10.4 Å². The van der Waals surface area contributed by atoms with Crippen LogP contribution in [0, 0.1) is 0 Å². The fourth-order valence-corrected chi connectivity index (χ4v) is 4.13. The first-order chi connectivity index (χ1) is 19.2. The highest BCUT2D eigenvalue weighted by Crippen LogP contribution is 2.30. The monoisotopic (exact) mass is 564 g/mol. The van der Waals surface area contributed by atoms with E-state index in [1.807, 2.05) is 0 Å². The molecule has 0 spiro atoms. The fraction of sp³-hybridized carbons (Fsp3) is 0.200. The lowest BCUT2D eigenvalue weighted by Crippen LogP contribution is -2.44. The Morgan fingerprint density at radius 1 is 0.878 bits per heavy atom. The second-order valence-electron chi connectivity index (χ2n) is 10.3. The molecule has 41 heavy (non-hydrogen) atoms. The average Bonchev–Trinajstić information content (AvgIpc) is 3.38. The van der Waals surface area contributed by atoms with Crippen molar-refractivity contribution in [2.45, 2.75) is 39.0 Å². The molecule has 0 unspecified atom stereocenters. The summed E-state index contributed by atoms with van der Waals surface area (Å²) in [6, 6.07) is 21.3. The molecule has 0 atom stereocenters. The molecule has 2 amide bonds. The Labute approximate surface area is 234 Å². The molecule has 4 aromatic rings. The highest BCUT2D eigenvalue weighted by Gasteiger charge is 2.36. The van der Waals surface area contributed by atoms with Gasteiger partial charge in [-0.3, -0.25) is 14.5 Å². The van der Waals surface area contributed by atoms with Gasteiger partial charge in [0.1, 0.15) is 5.69 Å². The third-order valence-corrected chi connectivity index (χ3v) is 6.19. The first-order valence-electron chi connectivity index (χ1n) is 12.5. The number of halogens is 3. The van der Waals surface area contributed by atoms with Crippen LogP contribution in [-0.4, -0.2) is 43.1 Å². The zero-order valence-electron chi connectivity index (χ0n) is 22.4. The van der Waals surface area contributed by atoms with E-state index >= 15 is 0 Å². The smallest absolute Gasteiger partial charge is 0.435 e. The summed E-state index contributed by atoms with van der Waals surface area (Å²) < 4.78 is 41.8. The maximum atomic E-state index is 13.6. The Kier molecular flexibility index (Phi) is 8.00. The highest BCUT2D eigenvalue weighted by molar-refractivity contribution is 6.10. The summed E-state index contributed by atoms with van der Waals surface area (Å²) in [4.78, 5) is 39.1. The minimum absolute atomic E-state index is 0.0379. The highest BCUT2D eigenvalue weighted by atomic mass is 19.4. The van der Waals surface area contributed by atoms with E-state index in [0.717, 1.165) is 4.68 Å². The largest absolute Gasteiger partial charge is 0.465 e. The molecule has 0 aliphatic carbocycles. The van der Waals surface area contributed by atoms with Crippen molar-refractivity contribution in [3.8, 4) is 5.69 Å². The second kappa shape index (κ2) is 11.3. The van der Waals surface area contributed by atoms with Crippen LogP contribution in [-0.2, 0) is 12.7 Å². The van der Waals surface area contributed by atoms with Crippen LogP contribution in [0.5, 0.6) is 0 Å². The molecule has 0 saturated heterocycles. The van der Waals surface area contributed by atoms with Gasteiger partial charge in [0, 0.05) is 35.0 Å². The van der Waals surface area contributed by atoms with Gasteiger partial charge in [0.2, 0.25) is 0 Å². The summed E-state index contributed by atoms with van der Waals surface area (Å²) in [5, 5.41) is 15.8. The van der Waals surface area contributed by atoms with Gasteiger partial charge in [0.15, 0.2) is 11.5 Å². The molecule has 11 heteroatoms. The number of nitrogens with one attached hydrogen (secondary N) is 1. The molecule has 1 heterocycles. The molecule has 0 saturated carbocycles. The minimum atomic E-state index is -4.83. The molecule has 1 aromatic heterocycles. The second-order valence-corrected chi connectivity index (χ2v) is 10.3. The van der Waals surface area contributed by atoms with Crippen molar-refractivity contribution < 1.29 is 32.7 Å². The molecule has 8 nitrogen and oxygen atoms in total. The predicted molar refractivity (Wildman–Crippen MR) is 146 cm³/mol. The normalized spacial score (nSPS) is 11.7. The fourth-order valence-electron chi connectivity index (χ4n) is 4.13. The third kappa shape index (κ3) is 6.81. The number of benzene rings is 3. The van der Waals surface area contributed by atoms with E-state index in [9.17, 15) is 32.7 Å². The van der Waals surface area contributed by atoms with Crippen LogP contribution in [0.1, 0.15) is 58.4 Å². The number of carboxylic acid groups (broad SMARTS) is 1. The first-order valence-corrected chi connectivity index (χ1v) is 12.5. The number of ketones is 1. The van der Waals surface area contributed by atoms with Crippen molar-refractivity contribution in [2.24, 2.45) is 0 Å². The van der Waals surface area contributed by atoms with Gasteiger partial charge in [-0.05, 0) is 50.6 Å². The lowest BCUT2D eigenvalue weighted by molar-refractivity contribution is -0.141. The molecule has 0 aliphatic rings. The number of hydrogen-bond acceptors (Lipinski definition) is 4. The third-order valence-electron chi connectivity index (χ3n) is 6.19. The number of carbonyl (C=O) groups is 3. The van der Waals surface area contributed by atoms with Crippen molar-refractivity contribution in [2.75, 3.05) is 5.32 Å². The van der Waals surface area contributed by atoms with Crippen LogP contribution in [0.4, 0.5) is 23.7 Å². The number of carbonyl (C=O) groups excluding carboxylic acids is 2. The van der Waals surface area contributed by atoms with E-state index in [2.05, 4.69) is 10.4 Å². The van der Waals surface area contributed by atoms with E-state index in [1.54, 1.807) is 75.4 Å². The number of amides is 2. The zero-order valence-corrected chi connectivity index (χ0v) is 22.4. The Balaban J connectivity index is 1.67.